The van der Waals surface area contributed by atoms with E-state index in [-0.39, 0.29) is 44.1 Å². The van der Waals surface area contributed by atoms with Gasteiger partial charge in [-0.15, -0.1) is 0 Å². The van der Waals surface area contributed by atoms with Gasteiger partial charge in [-0.2, -0.15) is 17.5 Å². The van der Waals surface area contributed by atoms with E-state index < -0.39 is 62.3 Å². The number of rotatable bonds is 8. The van der Waals surface area contributed by atoms with Crippen LogP contribution in [0.5, 0.6) is 0 Å². The maximum atomic E-state index is 14.6. The minimum absolute atomic E-state index is 0.0476. The molecule has 0 unspecified atom stereocenters. The van der Waals surface area contributed by atoms with Crippen molar-refractivity contribution in [2.45, 2.75) is 43.0 Å². The van der Waals surface area contributed by atoms with E-state index in [1.807, 2.05) is 0 Å². The van der Waals surface area contributed by atoms with Crippen LogP contribution in [0.25, 0.3) is 16.7 Å². The Balaban J connectivity index is 1.39. The number of aliphatic hydroxyl groups is 1. The lowest BCUT2D eigenvalue weighted by Crippen LogP contribution is -2.49. The van der Waals surface area contributed by atoms with Crippen LogP contribution in [-0.4, -0.2) is 94.2 Å². The molecule has 0 aliphatic carbocycles. The Morgan fingerprint density at radius 3 is 2.54 bits per heavy atom. The third-order valence-electron chi connectivity index (χ3n) is 6.77. The standard InChI is InChI=1S/C25H27F4N5O6S/c1-24(2,36)13-40-21-10-33(41(37,38)16-11-39-12-16)9-19(21)32-23(35)18-6-20-14(7-30-18)3-4-34(20)22-17(26)5-15(8-31-22)25(27,28)29/h3-8,16,19,21,36H,9-13H2,1-2H3,(H,32,35)/t19-,21-/m1/s1. The zero-order valence-corrected chi connectivity index (χ0v) is 22.7. The molecule has 3 aromatic rings. The second-order valence-electron chi connectivity index (χ2n) is 10.6. The summed E-state index contributed by atoms with van der Waals surface area (Å²) in [5.74, 6) is -2.30. The average molecular weight is 602 g/mol. The van der Waals surface area contributed by atoms with E-state index in [4.69, 9.17) is 9.47 Å². The highest BCUT2D eigenvalue weighted by molar-refractivity contribution is 7.89. The lowest BCUT2D eigenvalue weighted by atomic mass is 10.1. The summed E-state index contributed by atoms with van der Waals surface area (Å²) in [4.78, 5) is 21.0. The topological polar surface area (TPSA) is 136 Å². The van der Waals surface area contributed by atoms with Gasteiger partial charge in [0.2, 0.25) is 10.0 Å². The predicted octanol–water partition coefficient (Wildman–Crippen LogP) is 1.88. The number of hydrogen-bond donors (Lipinski definition) is 2. The number of aromatic nitrogens is 3. The molecule has 2 atom stereocenters. The number of carbonyl (C=O) groups excluding carboxylic acids is 1. The van der Waals surface area contributed by atoms with Crippen LogP contribution in [0, 0.1) is 5.82 Å². The summed E-state index contributed by atoms with van der Waals surface area (Å²) in [6.45, 7) is 2.95. The molecule has 16 heteroatoms. The molecule has 1 amide bonds. The predicted molar refractivity (Wildman–Crippen MR) is 136 cm³/mol. The van der Waals surface area contributed by atoms with Crippen molar-refractivity contribution in [3.8, 4) is 5.82 Å². The van der Waals surface area contributed by atoms with Crippen molar-refractivity contribution in [1.82, 2.24) is 24.2 Å². The summed E-state index contributed by atoms with van der Waals surface area (Å²) < 4.78 is 92.7. The molecule has 2 aliphatic heterocycles. The summed E-state index contributed by atoms with van der Waals surface area (Å²) in [6, 6.07) is 2.41. The number of pyridine rings is 2. The van der Waals surface area contributed by atoms with Gasteiger partial charge in [0.05, 0.1) is 48.6 Å². The first-order chi connectivity index (χ1) is 19.1. The number of fused-ring (bicyclic) bond motifs is 1. The Labute approximate surface area is 232 Å². The minimum Gasteiger partial charge on any atom is -0.388 e. The normalized spacial score (nSPS) is 20.9. The number of halogens is 4. The first-order valence-electron chi connectivity index (χ1n) is 12.6. The molecular weight excluding hydrogens is 574 g/mol. The third kappa shape index (κ3) is 6.06. The van der Waals surface area contributed by atoms with Crippen LogP contribution < -0.4 is 5.32 Å². The molecule has 2 aliphatic rings. The van der Waals surface area contributed by atoms with Crippen molar-refractivity contribution < 1.29 is 45.4 Å². The van der Waals surface area contributed by atoms with Crippen molar-refractivity contribution >= 4 is 26.8 Å². The highest BCUT2D eigenvalue weighted by Gasteiger charge is 2.45. The van der Waals surface area contributed by atoms with Gasteiger partial charge in [0.1, 0.15) is 10.9 Å². The third-order valence-corrected chi connectivity index (χ3v) is 8.91. The largest absolute Gasteiger partial charge is 0.417 e. The summed E-state index contributed by atoms with van der Waals surface area (Å²) >= 11 is 0. The second kappa shape index (κ2) is 10.6. The zero-order chi connectivity index (χ0) is 29.7. The Morgan fingerprint density at radius 1 is 1.20 bits per heavy atom. The van der Waals surface area contributed by atoms with Crippen LogP contribution in [0.15, 0.2) is 36.8 Å². The van der Waals surface area contributed by atoms with Crippen LogP contribution in [-0.2, 0) is 25.7 Å². The van der Waals surface area contributed by atoms with Gasteiger partial charge in [-0.3, -0.25) is 14.3 Å². The van der Waals surface area contributed by atoms with Crippen molar-refractivity contribution in [2.24, 2.45) is 0 Å². The van der Waals surface area contributed by atoms with Crippen molar-refractivity contribution in [3.05, 3.63) is 53.9 Å². The SMILES string of the molecule is CC(C)(O)CO[C@@H]1CN(S(=O)(=O)C2COC2)C[C@H]1NC(=O)c1cc2c(ccn2-c2ncc(C(F)(F)F)cc2F)cn1. The molecule has 0 aromatic carbocycles. The molecule has 2 saturated heterocycles. The maximum Gasteiger partial charge on any atom is 0.417 e. The highest BCUT2D eigenvalue weighted by Crippen LogP contribution is 2.31. The summed E-state index contributed by atoms with van der Waals surface area (Å²) in [7, 11) is -3.71. The quantitative estimate of drug-likeness (QED) is 0.374. The molecule has 2 N–H and O–H groups in total. The molecule has 0 saturated carbocycles. The lowest BCUT2D eigenvalue weighted by Gasteiger charge is -2.30. The van der Waals surface area contributed by atoms with Crippen LogP contribution in [0.2, 0.25) is 0 Å². The van der Waals surface area contributed by atoms with Gasteiger partial charge in [-0.05, 0) is 32.0 Å². The number of nitrogens with one attached hydrogen (secondary N) is 1. The fourth-order valence-electron chi connectivity index (χ4n) is 4.50. The first kappa shape index (κ1) is 29.3. The van der Waals surface area contributed by atoms with Crippen LogP contribution >= 0.6 is 0 Å². The molecule has 2 fully saturated rings. The van der Waals surface area contributed by atoms with Gasteiger partial charge in [0.15, 0.2) is 11.6 Å². The molecule has 5 heterocycles. The van der Waals surface area contributed by atoms with Gasteiger partial charge in [-0.1, -0.05) is 0 Å². The summed E-state index contributed by atoms with van der Waals surface area (Å²) in [5, 5.41) is 12.6. The van der Waals surface area contributed by atoms with E-state index in [1.165, 1.54) is 47.2 Å². The number of carbonyl (C=O) groups is 1. The van der Waals surface area contributed by atoms with E-state index in [0.29, 0.717) is 17.6 Å². The van der Waals surface area contributed by atoms with E-state index in [1.54, 1.807) is 0 Å². The molecule has 5 rings (SSSR count). The number of amides is 1. The van der Waals surface area contributed by atoms with E-state index in [9.17, 15) is 35.9 Å². The van der Waals surface area contributed by atoms with Gasteiger partial charge < -0.3 is 19.9 Å². The lowest BCUT2D eigenvalue weighted by molar-refractivity contribution is -0.138. The average Bonchev–Trinajstić information content (AvgIpc) is 3.44. The fourth-order valence-corrected chi connectivity index (χ4v) is 6.19. The van der Waals surface area contributed by atoms with Crippen molar-refractivity contribution in [1.29, 1.82) is 0 Å². The summed E-state index contributed by atoms with van der Waals surface area (Å²) in [5.41, 5.74) is -2.30. The molecule has 0 bridgehead atoms. The molecule has 222 valence electrons. The Morgan fingerprint density at radius 2 is 1.93 bits per heavy atom. The number of hydrogen-bond acceptors (Lipinski definition) is 8. The number of alkyl halides is 3. The van der Waals surface area contributed by atoms with Crippen LogP contribution in [0.1, 0.15) is 29.9 Å². The van der Waals surface area contributed by atoms with Crippen molar-refractivity contribution in [2.75, 3.05) is 32.9 Å². The van der Waals surface area contributed by atoms with Crippen LogP contribution in [0.3, 0.4) is 0 Å². The summed E-state index contributed by atoms with van der Waals surface area (Å²) in [6.07, 6.45) is -2.30. The number of nitrogens with zero attached hydrogens (tertiary/aromatic N) is 4. The van der Waals surface area contributed by atoms with Gasteiger partial charge in [-0.25, -0.2) is 17.8 Å². The second-order valence-corrected chi connectivity index (χ2v) is 12.8. The number of sulfonamides is 1. The van der Waals surface area contributed by atoms with E-state index in [2.05, 4.69) is 15.3 Å². The molecule has 0 radical (unpaired) electrons. The number of ether oxygens (including phenoxy) is 2. The minimum atomic E-state index is -4.77. The highest BCUT2D eigenvalue weighted by atomic mass is 32.2. The fraction of sp³-hybridized carbons (Fsp3) is 0.480. The van der Waals surface area contributed by atoms with E-state index in [0.717, 1.165) is 0 Å². The molecule has 0 spiro atoms. The molecule has 3 aromatic heterocycles. The van der Waals surface area contributed by atoms with Crippen molar-refractivity contribution in [3.63, 3.8) is 0 Å². The van der Waals surface area contributed by atoms with E-state index >= 15 is 0 Å². The molecule has 41 heavy (non-hydrogen) atoms. The zero-order valence-electron chi connectivity index (χ0n) is 21.9. The van der Waals surface area contributed by atoms with Crippen LogP contribution in [0.4, 0.5) is 17.6 Å². The maximum absolute atomic E-state index is 14.6. The Kier molecular flexibility index (Phi) is 7.57. The first-order valence-corrected chi connectivity index (χ1v) is 14.1. The van der Waals surface area contributed by atoms with Gasteiger partial charge in [0.25, 0.3) is 5.91 Å². The Hall–Kier alpha value is -3.18. The smallest absolute Gasteiger partial charge is 0.388 e. The monoisotopic (exact) mass is 601 g/mol. The van der Waals surface area contributed by atoms with Gasteiger partial charge in [0, 0.05) is 37.1 Å². The Bertz CT molecular complexity index is 1570. The molecular formula is C25H27F4N5O6S. The van der Waals surface area contributed by atoms with Gasteiger partial charge >= 0.3 is 6.18 Å². The molecule has 11 nitrogen and oxygen atoms in total.